The second-order valence-electron chi connectivity index (χ2n) is 6.46. The van der Waals surface area contributed by atoms with Gasteiger partial charge in [-0.1, -0.05) is 18.2 Å². The molecule has 0 saturated heterocycles. The van der Waals surface area contributed by atoms with Gasteiger partial charge in [-0.3, -0.25) is 9.59 Å². The van der Waals surface area contributed by atoms with Crippen LogP contribution in [-0.2, 0) is 6.54 Å². The number of aromatic amines is 1. The van der Waals surface area contributed by atoms with E-state index in [1.807, 2.05) is 12.1 Å². The monoisotopic (exact) mass is 411 g/mol. The zero-order valence-electron chi connectivity index (χ0n) is 15.3. The molecule has 2 aromatic carbocycles. The lowest BCUT2D eigenvalue weighted by molar-refractivity contribution is 0.0988. The number of halogens is 2. The molecule has 2 heterocycles. The van der Waals surface area contributed by atoms with Crippen LogP contribution >= 0.6 is 11.3 Å². The first kappa shape index (κ1) is 18.9. The van der Waals surface area contributed by atoms with Gasteiger partial charge in [-0.05, 0) is 30.7 Å². The Balaban J connectivity index is 1.85. The Bertz CT molecular complexity index is 1280. The molecule has 0 atom stereocenters. The largest absolute Gasteiger partial charge is 0.322 e. The number of para-hydroxylation sites is 1. The van der Waals surface area contributed by atoms with E-state index in [9.17, 15) is 18.4 Å². The number of thiazole rings is 1. The first-order chi connectivity index (χ1) is 13.9. The number of fused-ring (bicyclic) bond motifs is 1. The predicted molar refractivity (Wildman–Crippen MR) is 108 cm³/mol. The molecule has 146 valence electrons. The topological polar surface area (TPSA) is 66.1 Å². The second-order valence-corrected chi connectivity index (χ2v) is 7.32. The van der Waals surface area contributed by atoms with Crippen LogP contribution in [0.2, 0.25) is 0 Å². The number of carbonyl (C=O) groups excluding carboxylic acids is 1. The number of pyridine rings is 1. The molecule has 0 saturated carbocycles. The smallest absolute Gasteiger partial charge is 0.270 e. The Morgan fingerprint density at radius 3 is 2.66 bits per heavy atom. The highest BCUT2D eigenvalue weighted by Gasteiger charge is 2.23. The number of H-pyrrole nitrogens is 1. The van der Waals surface area contributed by atoms with E-state index in [1.165, 1.54) is 28.4 Å². The molecule has 1 amide bonds. The van der Waals surface area contributed by atoms with Gasteiger partial charge in [-0.2, -0.15) is 0 Å². The molecule has 1 N–H and O–H groups in total. The third-order valence-corrected chi connectivity index (χ3v) is 5.48. The summed E-state index contributed by atoms with van der Waals surface area (Å²) in [6, 6.07) is 11.9. The standard InChI is InChI=1S/C21H15F2N3O2S/c1-12-20(29-11-24-12)21(28)26(14-6-7-16(22)17(23)9-14)10-13-8-19(27)25-18-5-3-2-4-15(13)18/h2-9,11H,10H2,1H3,(H,25,27). The maximum atomic E-state index is 13.9. The van der Waals surface area contributed by atoms with E-state index in [-0.39, 0.29) is 17.8 Å². The van der Waals surface area contributed by atoms with Crippen molar-refractivity contribution in [2.75, 3.05) is 4.90 Å². The van der Waals surface area contributed by atoms with E-state index in [2.05, 4.69) is 9.97 Å². The maximum absolute atomic E-state index is 13.9. The number of amides is 1. The minimum absolute atomic E-state index is 0.00563. The first-order valence-corrected chi connectivity index (χ1v) is 9.60. The Labute approximate surface area is 168 Å². The molecule has 29 heavy (non-hydrogen) atoms. The summed E-state index contributed by atoms with van der Waals surface area (Å²) in [5.41, 5.74) is 3.18. The van der Waals surface area contributed by atoms with Crippen molar-refractivity contribution in [3.63, 3.8) is 0 Å². The highest BCUT2D eigenvalue weighted by molar-refractivity contribution is 7.12. The lowest BCUT2D eigenvalue weighted by atomic mass is 10.1. The fraction of sp³-hybridized carbons (Fsp3) is 0.0952. The summed E-state index contributed by atoms with van der Waals surface area (Å²) in [7, 11) is 0. The average Bonchev–Trinajstić information content (AvgIpc) is 3.13. The van der Waals surface area contributed by atoms with E-state index >= 15 is 0 Å². The van der Waals surface area contributed by atoms with Gasteiger partial charge in [0, 0.05) is 28.7 Å². The van der Waals surface area contributed by atoms with Crippen LogP contribution in [0.3, 0.4) is 0 Å². The second kappa shape index (κ2) is 7.56. The first-order valence-electron chi connectivity index (χ1n) is 8.72. The highest BCUT2D eigenvalue weighted by atomic mass is 32.1. The lowest BCUT2D eigenvalue weighted by Gasteiger charge is -2.23. The minimum atomic E-state index is -1.06. The van der Waals surface area contributed by atoms with Crippen LogP contribution in [0, 0.1) is 18.6 Å². The number of hydrogen-bond acceptors (Lipinski definition) is 4. The number of nitrogens with one attached hydrogen (secondary N) is 1. The molecule has 0 aliphatic heterocycles. The van der Waals surface area contributed by atoms with Crippen molar-refractivity contribution in [2.45, 2.75) is 13.5 Å². The SMILES string of the molecule is Cc1ncsc1C(=O)N(Cc1cc(=O)[nH]c2ccccc12)c1ccc(F)c(F)c1. The molecule has 0 aliphatic rings. The Morgan fingerprint density at radius 2 is 1.93 bits per heavy atom. The zero-order chi connectivity index (χ0) is 20.5. The molecule has 4 aromatic rings. The van der Waals surface area contributed by atoms with Crippen LogP contribution in [-0.4, -0.2) is 15.9 Å². The minimum Gasteiger partial charge on any atom is -0.322 e. The van der Waals surface area contributed by atoms with Crippen LogP contribution in [0.4, 0.5) is 14.5 Å². The van der Waals surface area contributed by atoms with Gasteiger partial charge < -0.3 is 9.88 Å². The summed E-state index contributed by atoms with van der Waals surface area (Å²) >= 11 is 1.17. The fourth-order valence-electron chi connectivity index (χ4n) is 3.14. The molecule has 4 rings (SSSR count). The van der Waals surface area contributed by atoms with E-state index < -0.39 is 17.5 Å². The number of hydrogen-bond donors (Lipinski definition) is 1. The van der Waals surface area contributed by atoms with E-state index in [0.29, 0.717) is 21.7 Å². The van der Waals surface area contributed by atoms with Crippen molar-refractivity contribution in [3.8, 4) is 0 Å². The van der Waals surface area contributed by atoms with Gasteiger partial charge in [0.2, 0.25) is 5.56 Å². The van der Waals surface area contributed by atoms with Crippen LogP contribution in [0.5, 0.6) is 0 Å². The number of benzene rings is 2. The van der Waals surface area contributed by atoms with Gasteiger partial charge in [0.15, 0.2) is 11.6 Å². The van der Waals surface area contributed by atoms with Crippen molar-refractivity contribution in [3.05, 3.63) is 92.2 Å². The summed E-state index contributed by atoms with van der Waals surface area (Å²) < 4.78 is 27.4. The molecule has 8 heteroatoms. The molecular weight excluding hydrogens is 396 g/mol. The summed E-state index contributed by atoms with van der Waals surface area (Å²) in [5, 5.41) is 0.758. The normalized spacial score (nSPS) is 11.0. The number of carbonyl (C=O) groups is 1. The lowest BCUT2D eigenvalue weighted by Crippen LogP contribution is -2.31. The van der Waals surface area contributed by atoms with Gasteiger partial charge in [0.05, 0.1) is 17.7 Å². The number of rotatable bonds is 4. The van der Waals surface area contributed by atoms with E-state index in [1.54, 1.807) is 24.6 Å². The summed E-state index contributed by atoms with van der Waals surface area (Å²) in [5.74, 6) is -2.46. The molecule has 5 nitrogen and oxygen atoms in total. The van der Waals surface area contributed by atoms with Gasteiger partial charge in [-0.15, -0.1) is 11.3 Å². The number of nitrogens with zero attached hydrogens (tertiary/aromatic N) is 2. The van der Waals surface area contributed by atoms with Gasteiger partial charge in [0.25, 0.3) is 5.91 Å². The van der Waals surface area contributed by atoms with Crippen LogP contribution < -0.4 is 10.5 Å². The molecular formula is C21H15F2N3O2S. The molecule has 0 radical (unpaired) electrons. The molecule has 0 bridgehead atoms. The quantitative estimate of drug-likeness (QED) is 0.541. The molecule has 0 fully saturated rings. The van der Waals surface area contributed by atoms with Crippen LogP contribution in [0.25, 0.3) is 10.9 Å². The van der Waals surface area contributed by atoms with Crippen molar-refractivity contribution < 1.29 is 13.6 Å². The fourth-order valence-corrected chi connectivity index (χ4v) is 3.89. The van der Waals surface area contributed by atoms with Gasteiger partial charge in [-0.25, -0.2) is 13.8 Å². The third-order valence-electron chi connectivity index (χ3n) is 4.56. The zero-order valence-corrected chi connectivity index (χ0v) is 16.1. The van der Waals surface area contributed by atoms with Gasteiger partial charge in [0.1, 0.15) is 4.88 Å². The van der Waals surface area contributed by atoms with Gasteiger partial charge >= 0.3 is 0 Å². The predicted octanol–water partition coefficient (Wildman–Crippen LogP) is 4.42. The Kier molecular flexibility index (Phi) is 4.94. The molecule has 0 spiro atoms. The highest BCUT2D eigenvalue weighted by Crippen LogP contribution is 2.26. The van der Waals surface area contributed by atoms with E-state index in [4.69, 9.17) is 0 Å². The molecule has 0 unspecified atom stereocenters. The number of aryl methyl sites for hydroxylation is 1. The summed E-state index contributed by atoms with van der Waals surface area (Å²) in [6.07, 6.45) is 0. The van der Waals surface area contributed by atoms with Crippen LogP contribution in [0.15, 0.2) is 58.8 Å². The summed E-state index contributed by atoms with van der Waals surface area (Å²) in [4.78, 5) is 33.9. The Hall–Kier alpha value is -3.39. The van der Waals surface area contributed by atoms with Crippen molar-refractivity contribution >= 4 is 33.8 Å². The maximum Gasteiger partial charge on any atom is 0.270 e. The third kappa shape index (κ3) is 3.66. The average molecular weight is 411 g/mol. The molecule has 0 aliphatic carbocycles. The van der Waals surface area contributed by atoms with Crippen molar-refractivity contribution in [2.24, 2.45) is 0 Å². The molecule has 2 aromatic heterocycles. The Morgan fingerprint density at radius 1 is 1.14 bits per heavy atom. The summed E-state index contributed by atoms with van der Waals surface area (Å²) in [6.45, 7) is 1.71. The van der Waals surface area contributed by atoms with Crippen LogP contribution in [0.1, 0.15) is 20.9 Å². The van der Waals surface area contributed by atoms with E-state index in [0.717, 1.165) is 17.5 Å². The van der Waals surface area contributed by atoms with Crippen molar-refractivity contribution in [1.29, 1.82) is 0 Å². The number of anilines is 1. The van der Waals surface area contributed by atoms with Crippen molar-refractivity contribution in [1.82, 2.24) is 9.97 Å². The number of aromatic nitrogens is 2.